The summed E-state index contributed by atoms with van der Waals surface area (Å²) in [5.41, 5.74) is 2.53. The number of carbonyl (C=O) groups excluding carboxylic acids is 1. The highest BCUT2D eigenvalue weighted by atomic mass is 16.5. The Labute approximate surface area is 148 Å². The van der Waals surface area contributed by atoms with Crippen LogP contribution >= 0.6 is 0 Å². The van der Waals surface area contributed by atoms with Gasteiger partial charge in [-0.1, -0.05) is 50.0 Å². The maximum absolute atomic E-state index is 10.3. The van der Waals surface area contributed by atoms with Crippen molar-refractivity contribution in [1.82, 2.24) is 0 Å². The summed E-state index contributed by atoms with van der Waals surface area (Å²) in [5.74, 6) is 2.94. The molecule has 0 saturated heterocycles. The molecule has 0 aromatic heterocycles. The van der Waals surface area contributed by atoms with Crippen LogP contribution in [0.1, 0.15) is 43.2 Å². The molecule has 0 unspecified atom stereocenters. The molecule has 2 aromatic rings. The van der Waals surface area contributed by atoms with Gasteiger partial charge in [0, 0.05) is 5.41 Å². The number of rotatable bonds is 5. The molecule has 0 aliphatic heterocycles. The first kappa shape index (κ1) is 16.9. The lowest BCUT2D eigenvalue weighted by Gasteiger charge is -2.38. The minimum Gasteiger partial charge on any atom is -0.453 e. The van der Waals surface area contributed by atoms with Gasteiger partial charge in [-0.25, -0.2) is 4.79 Å². The van der Waals surface area contributed by atoms with Gasteiger partial charge in [-0.3, -0.25) is 0 Å². The normalized spacial score (nSPS) is 15.5. The Morgan fingerprint density at radius 3 is 1.96 bits per heavy atom. The second-order valence-electron chi connectivity index (χ2n) is 6.26. The average Bonchev–Trinajstić information content (AvgIpc) is 2.68. The summed E-state index contributed by atoms with van der Waals surface area (Å²) >= 11 is 0. The van der Waals surface area contributed by atoms with E-state index in [0.29, 0.717) is 11.5 Å². The second kappa shape index (κ2) is 7.75. The number of hydrogen-bond donors (Lipinski definition) is 0. The van der Waals surface area contributed by atoms with Crippen molar-refractivity contribution < 1.29 is 14.3 Å². The van der Waals surface area contributed by atoms with Crippen molar-refractivity contribution in [3.8, 4) is 24.0 Å². The van der Waals surface area contributed by atoms with Crippen molar-refractivity contribution in [3.63, 3.8) is 0 Å². The van der Waals surface area contributed by atoms with E-state index in [1.807, 2.05) is 24.3 Å². The Morgan fingerprint density at radius 1 is 0.880 bits per heavy atom. The zero-order valence-corrected chi connectivity index (χ0v) is 14.0. The van der Waals surface area contributed by atoms with E-state index in [0.717, 1.165) is 19.1 Å². The SMILES string of the molecule is C#COc1ccc(C2(c3ccc(OC=C=O)cc3)CCCCC2)cc1. The lowest BCUT2D eigenvalue weighted by Crippen LogP contribution is -2.30. The van der Waals surface area contributed by atoms with Crippen LogP contribution in [0.25, 0.3) is 0 Å². The summed E-state index contributed by atoms with van der Waals surface area (Å²) in [5, 5.41) is 0. The average molecular weight is 332 g/mol. The van der Waals surface area contributed by atoms with E-state index in [4.69, 9.17) is 15.9 Å². The van der Waals surface area contributed by atoms with Gasteiger partial charge in [0.25, 0.3) is 0 Å². The minimum absolute atomic E-state index is 0.00798. The van der Waals surface area contributed by atoms with Gasteiger partial charge in [-0.15, -0.1) is 0 Å². The lowest BCUT2D eigenvalue weighted by molar-refractivity contribution is 0.345. The smallest absolute Gasteiger partial charge is 0.174 e. The summed E-state index contributed by atoms with van der Waals surface area (Å²) in [4.78, 5) is 10.3. The predicted octanol–water partition coefficient (Wildman–Crippen LogP) is 4.63. The topological polar surface area (TPSA) is 35.5 Å². The Bertz CT molecular complexity index is 785. The number of hydrogen-bond acceptors (Lipinski definition) is 3. The van der Waals surface area contributed by atoms with E-state index in [-0.39, 0.29) is 5.41 Å². The van der Waals surface area contributed by atoms with Gasteiger partial charge in [0.15, 0.2) is 12.2 Å². The third-order valence-electron chi connectivity index (χ3n) is 4.94. The van der Waals surface area contributed by atoms with Gasteiger partial charge in [0.1, 0.15) is 17.6 Å². The third kappa shape index (κ3) is 3.60. The van der Waals surface area contributed by atoms with Gasteiger partial charge in [0.05, 0.1) is 0 Å². The van der Waals surface area contributed by atoms with Crippen LogP contribution in [0.5, 0.6) is 11.5 Å². The molecule has 0 N–H and O–H groups in total. The van der Waals surface area contributed by atoms with Crippen LogP contribution in [0, 0.1) is 12.5 Å². The van der Waals surface area contributed by atoms with Crippen molar-refractivity contribution in [2.24, 2.45) is 0 Å². The summed E-state index contributed by atoms with van der Waals surface area (Å²) < 4.78 is 10.3. The fraction of sp³-hybridized carbons (Fsp3) is 0.273. The van der Waals surface area contributed by atoms with Crippen molar-refractivity contribution in [2.75, 3.05) is 0 Å². The molecule has 0 spiro atoms. The van der Waals surface area contributed by atoms with Crippen molar-refractivity contribution in [3.05, 3.63) is 65.9 Å². The standard InChI is InChI=1S/C22H20O3/c1-2-24-20-10-6-18(7-11-20)22(14-4-3-5-15-22)19-8-12-21(13-9-19)25-17-16-23/h1,6-13,17H,3-5,14-15H2. The first-order chi connectivity index (χ1) is 12.3. The molecular weight excluding hydrogens is 312 g/mol. The van der Waals surface area contributed by atoms with Crippen LogP contribution < -0.4 is 9.47 Å². The molecule has 0 atom stereocenters. The molecule has 0 heterocycles. The largest absolute Gasteiger partial charge is 0.453 e. The Morgan fingerprint density at radius 2 is 1.44 bits per heavy atom. The molecule has 0 bridgehead atoms. The zero-order chi connectivity index (χ0) is 17.5. The van der Waals surface area contributed by atoms with E-state index in [2.05, 4.69) is 30.4 Å². The van der Waals surface area contributed by atoms with E-state index in [9.17, 15) is 4.79 Å². The highest BCUT2D eigenvalue weighted by Crippen LogP contribution is 2.45. The molecule has 25 heavy (non-hydrogen) atoms. The Kier molecular flexibility index (Phi) is 5.23. The lowest BCUT2D eigenvalue weighted by atomic mass is 9.65. The molecule has 1 saturated carbocycles. The molecule has 3 nitrogen and oxygen atoms in total. The van der Waals surface area contributed by atoms with Crippen molar-refractivity contribution in [1.29, 1.82) is 0 Å². The minimum atomic E-state index is -0.00798. The highest BCUT2D eigenvalue weighted by molar-refractivity contribution is 5.46. The Hall–Kier alpha value is -2.95. The number of benzene rings is 2. The molecule has 126 valence electrons. The van der Waals surface area contributed by atoms with Crippen LogP contribution in [0.4, 0.5) is 0 Å². The Balaban J connectivity index is 1.95. The monoisotopic (exact) mass is 332 g/mol. The van der Waals surface area contributed by atoms with E-state index >= 15 is 0 Å². The molecule has 3 heteroatoms. The summed E-state index contributed by atoms with van der Waals surface area (Å²) in [6.07, 6.45) is 14.3. The molecule has 0 amide bonds. The predicted molar refractivity (Wildman–Crippen MR) is 97.1 cm³/mol. The molecule has 1 aliphatic carbocycles. The van der Waals surface area contributed by atoms with Crippen LogP contribution in [-0.2, 0) is 10.2 Å². The second-order valence-corrected chi connectivity index (χ2v) is 6.26. The van der Waals surface area contributed by atoms with Crippen LogP contribution in [0.15, 0.2) is 54.8 Å². The van der Waals surface area contributed by atoms with Gasteiger partial charge in [-0.2, -0.15) is 0 Å². The van der Waals surface area contributed by atoms with Gasteiger partial charge in [-0.05, 0) is 48.2 Å². The van der Waals surface area contributed by atoms with E-state index in [1.54, 1.807) is 5.94 Å². The first-order valence-corrected chi connectivity index (χ1v) is 8.48. The van der Waals surface area contributed by atoms with E-state index in [1.165, 1.54) is 30.4 Å². The quantitative estimate of drug-likeness (QED) is 0.455. The first-order valence-electron chi connectivity index (χ1n) is 8.48. The van der Waals surface area contributed by atoms with Crippen LogP contribution in [0.2, 0.25) is 0 Å². The number of terminal acetylenes is 1. The van der Waals surface area contributed by atoms with Gasteiger partial charge < -0.3 is 9.47 Å². The highest BCUT2D eigenvalue weighted by Gasteiger charge is 2.35. The summed E-state index contributed by atoms with van der Waals surface area (Å²) in [6.45, 7) is 0. The molecular formula is C22H20O3. The van der Waals surface area contributed by atoms with Gasteiger partial charge in [0.2, 0.25) is 0 Å². The fourth-order valence-electron chi connectivity index (χ4n) is 3.75. The zero-order valence-electron chi connectivity index (χ0n) is 14.0. The van der Waals surface area contributed by atoms with Gasteiger partial charge >= 0.3 is 0 Å². The molecule has 1 fully saturated rings. The third-order valence-corrected chi connectivity index (χ3v) is 4.94. The van der Waals surface area contributed by atoms with Crippen molar-refractivity contribution in [2.45, 2.75) is 37.5 Å². The van der Waals surface area contributed by atoms with E-state index < -0.39 is 0 Å². The summed E-state index contributed by atoms with van der Waals surface area (Å²) in [6, 6.07) is 16.0. The fourth-order valence-corrected chi connectivity index (χ4v) is 3.75. The maximum Gasteiger partial charge on any atom is 0.174 e. The van der Waals surface area contributed by atoms with Crippen molar-refractivity contribution >= 4 is 5.94 Å². The molecule has 0 radical (unpaired) electrons. The number of ether oxygens (including phenoxy) is 2. The van der Waals surface area contributed by atoms with Crippen LogP contribution in [-0.4, -0.2) is 5.94 Å². The van der Waals surface area contributed by atoms with Crippen LogP contribution in [0.3, 0.4) is 0 Å². The molecule has 2 aromatic carbocycles. The summed E-state index contributed by atoms with van der Waals surface area (Å²) in [7, 11) is 0. The molecule has 1 aliphatic rings. The maximum atomic E-state index is 10.3. The molecule has 3 rings (SSSR count).